The van der Waals surface area contributed by atoms with E-state index in [9.17, 15) is 17.6 Å². The van der Waals surface area contributed by atoms with Gasteiger partial charge in [-0.3, -0.25) is 0 Å². The topological polar surface area (TPSA) is 30.5 Å². The SMILES string of the molecule is CNC(COCCOC)c1ccc(C(F)(F)F)c(F)c1. The third-order valence-electron chi connectivity index (χ3n) is 2.77. The van der Waals surface area contributed by atoms with E-state index < -0.39 is 17.6 Å². The molecule has 0 bridgehead atoms. The van der Waals surface area contributed by atoms with Gasteiger partial charge in [0.15, 0.2) is 0 Å². The second-order valence-electron chi connectivity index (χ2n) is 4.15. The number of rotatable bonds is 7. The fraction of sp³-hybridized carbons (Fsp3) is 0.538. The van der Waals surface area contributed by atoms with Gasteiger partial charge in [0, 0.05) is 7.11 Å². The molecule has 1 aromatic rings. The molecule has 1 aromatic carbocycles. The molecule has 1 rings (SSSR count). The third kappa shape index (κ3) is 4.73. The Labute approximate surface area is 114 Å². The fourth-order valence-corrected chi connectivity index (χ4v) is 1.67. The van der Waals surface area contributed by atoms with E-state index in [1.807, 2.05) is 0 Å². The predicted octanol–water partition coefficient (Wildman–Crippen LogP) is 2.77. The minimum atomic E-state index is -4.69. The summed E-state index contributed by atoms with van der Waals surface area (Å²) in [4.78, 5) is 0. The summed E-state index contributed by atoms with van der Waals surface area (Å²) >= 11 is 0. The molecule has 0 aliphatic carbocycles. The summed E-state index contributed by atoms with van der Waals surface area (Å²) in [7, 11) is 3.16. The van der Waals surface area contributed by atoms with Crippen molar-refractivity contribution in [2.75, 3.05) is 34.0 Å². The van der Waals surface area contributed by atoms with Crippen molar-refractivity contribution in [2.45, 2.75) is 12.2 Å². The minimum absolute atomic E-state index is 0.213. The molecule has 0 fully saturated rings. The molecular formula is C13H17F4NO2. The number of ether oxygens (including phenoxy) is 2. The fourth-order valence-electron chi connectivity index (χ4n) is 1.67. The van der Waals surface area contributed by atoms with E-state index in [0.29, 0.717) is 18.8 Å². The molecule has 0 aromatic heterocycles. The summed E-state index contributed by atoms with van der Waals surface area (Å²) in [6, 6.07) is 2.48. The van der Waals surface area contributed by atoms with Gasteiger partial charge in [-0.25, -0.2) is 4.39 Å². The van der Waals surface area contributed by atoms with Crippen molar-refractivity contribution in [3.05, 3.63) is 35.1 Å². The standard InChI is InChI=1S/C13H17F4NO2/c1-18-12(8-20-6-5-19-2)9-3-4-10(11(14)7-9)13(15,16)17/h3-4,7,12,18H,5-6,8H2,1-2H3. The highest BCUT2D eigenvalue weighted by Crippen LogP contribution is 2.32. The van der Waals surface area contributed by atoms with Gasteiger partial charge in [-0.15, -0.1) is 0 Å². The lowest BCUT2D eigenvalue weighted by molar-refractivity contribution is -0.140. The van der Waals surface area contributed by atoms with E-state index in [1.54, 1.807) is 7.05 Å². The number of hydrogen-bond donors (Lipinski definition) is 1. The van der Waals surface area contributed by atoms with E-state index in [0.717, 1.165) is 12.1 Å². The Hall–Kier alpha value is -1.18. The van der Waals surface area contributed by atoms with Crippen LogP contribution in [0.25, 0.3) is 0 Å². The average Bonchev–Trinajstić information content (AvgIpc) is 2.37. The number of halogens is 4. The highest BCUT2D eigenvalue weighted by Gasteiger charge is 2.34. The van der Waals surface area contributed by atoms with Gasteiger partial charge in [-0.05, 0) is 24.7 Å². The molecule has 0 radical (unpaired) electrons. The molecule has 0 aliphatic rings. The van der Waals surface area contributed by atoms with Crippen LogP contribution in [-0.2, 0) is 15.7 Å². The van der Waals surface area contributed by atoms with Crippen LogP contribution in [-0.4, -0.2) is 34.0 Å². The number of methoxy groups -OCH3 is 1. The molecule has 114 valence electrons. The molecule has 0 aliphatic heterocycles. The van der Waals surface area contributed by atoms with Crippen molar-refractivity contribution in [1.29, 1.82) is 0 Å². The summed E-state index contributed by atoms with van der Waals surface area (Å²) in [5.74, 6) is -1.29. The van der Waals surface area contributed by atoms with Crippen molar-refractivity contribution in [1.82, 2.24) is 5.32 Å². The Morgan fingerprint density at radius 3 is 2.45 bits per heavy atom. The largest absolute Gasteiger partial charge is 0.419 e. The second kappa shape index (κ2) is 7.56. The third-order valence-corrected chi connectivity index (χ3v) is 2.77. The summed E-state index contributed by atoms with van der Waals surface area (Å²) in [5.41, 5.74) is -0.869. The van der Waals surface area contributed by atoms with Gasteiger partial charge < -0.3 is 14.8 Å². The van der Waals surface area contributed by atoms with Crippen LogP contribution in [0.2, 0.25) is 0 Å². The molecule has 0 saturated heterocycles. The average molecular weight is 295 g/mol. The van der Waals surface area contributed by atoms with Gasteiger partial charge in [-0.2, -0.15) is 13.2 Å². The zero-order valence-corrected chi connectivity index (χ0v) is 11.3. The zero-order chi connectivity index (χ0) is 15.2. The Morgan fingerprint density at radius 1 is 1.25 bits per heavy atom. The first-order valence-corrected chi connectivity index (χ1v) is 6.00. The van der Waals surface area contributed by atoms with Crippen LogP contribution < -0.4 is 5.32 Å². The maximum Gasteiger partial charge on any atom is 0.419 e. The van der Waals surface area contributed by atoms with Crippen LogP contribution in [0.15, 0.2) is 18.2 Å². The van der Waals surface area contributed by atoms with E-state index in [-0.39, 0.29) is 12.6 Å². The Bertz CT molecular complexity index is 423. The number of hydrogen-bond acceptors (Lipinski definition) is 3. The molecule has 0 saturated carbocycles. The molecular weight excluding hydrogens is 278 g/mol. The monoisotopic (exact) mass is 295 g/mol. The molecule has 3 nitrogen and oxygen atoms in total. The van der Waals surface area contributed by atoms with E-state index >= 15 is 0 Å². The van der Waals surface area contributed by atoms with Crippen molar-refractivity contribution in [2.24, 2.45) is 0 Å². The van der Waals surface area contributed by atoms with Crippen molar-refractivity contribution in [3.8, 4) is 0 Å². The lowest BCUT2D eigenvalue weighted by atomic mass is 10.0. The van der Waals surface area contributed by atoms with Gasteiger partial charge >= 0.3 is 6.18 Å². The van der Waals surface area contributed by atoms with Gasteiger partial charge in [0.25, 0.3) is 0 Å². The van der Waals surface area contributed by atoms with Gasteiger partial charge in [0.05, 0.1) is 31.4 Å². The first kappa shape index (κ1) is 16.9. The number of likely N-dealkylation sites (N-methyl/N-ethyl adjacent to an activating group) is 1. The first-order chi connectivity index (χ1) is 9.40. The Morgan fingerprint density at radius 2 is 1.95 bits per heavy atom. The second-order valence-corrected chi connectivity index (χ2v) is 4.15. The van der Waals surface area contributed by atoms with Crippen molar-refractivity contribution >= 4 is 0 Å². The summed E-state index contributed by atoms with van der Waals surface area (Å²) in [6.45, 7) is 0.986. The van der Waals surface area contributed by atoms with Crippen LogP contribution in [0.3, 0.4) is 0 Å². The van der Waals surface area contributed by atoms with Crippen LogP contribution in [0, 0.1) is 5.82 Å². The molecule has 7 heteroatoms. The van der Waals surface area contributed by atoms with E-state index in [1.165, 1.54) is 13.2 Å². The molecule has 1 atom stereocenters. The number of nitrogens with one attached hydrogen (secondary N) is 1. The lowest BCUT2D eigenvalue weighted by Crippen LogP contribution is -2.23. The molecule has 1 N–H and O–H groups in total. The molecule has 0 heterocycles. The van der Waals surface area contributed by atoms with Gasteiger partial charge in [0.1, 0.15) is 5.82 Å². The van der Waals surface area contributed by atoms with Crippen LogP contribution in [0.4, 0.5) is 17.6 Å². The van der Waals surface area contributed by atoms with Gasteiger partial charge in [-0.1, -0.05) is 6.07 Å². The minimum Gasteiger partial charge on any atom is -0.382 e. The zero-order valence-electron chi connectivity index (χ0n) is 11.3. The Balaban J connectivity index is 2.76. The molecule has 1 unspecified atom stereocenters. The Kier molecular flexibility index (Phi) is 6.38. The molecule has 0 amide bonds. The maximum absolute atomic E-state index is 13.5. The summed E-state index contributed by atoms with van der Waals surface area (Å²) in [6.07, 6.45) is -4.69. The molecule has 0 spiro atoms. The summed E-state index contributed by atoms with van der Waals surface area (Å²) in [5, 5.41) is 2.87. The lowest BCUT2D eigenvalue weighted by Gasteiger charge is -2.18. The van der Waals surface area contributed by atoms with Crippen LogP contribution in [0.1, 0.15) is 17.2 Å². The van der Waals surface area contributed by atoms with Crippen LogP contribution >= 0.6 is 0 Å². The quantitative estimate of drug-likeness (QED) is 0.620. The van der Waals surface area contributed by atoms with Gasteiger partial charge in [0.2, 0.25) is 0 Å². The number of alkyl halides is 3. The van der Waals surface area contributed by atoms with E-state index in [2.05, 4.69) is 5.32 Å². The van der Waals surface area contributed by atoms with E-state index in [4.69, 9.17) is 9.47 Å². The maximum atomic E-state index is 13.5. The predicted molar refractivity (Wildman–Crippen MR) is 65.9 cm³/mol. The number of benzene rings is 1. The van der Waals surface area contributed by atoms with Crippen molar-refractivity contribution in [3.63, 3.8) is 0 Å². The van der Waals surface area contributed by atoms with Crippen molar-refractivity contribution < 1.29 is 27.0 Å². The highest BCUT2D eigenvalue weighted by molar-refractivity contribution is 5.28. The highest BCUT2D eigenvalue weighted by atomic mass is 19.4. The summed E-state index contributed by atoms with van der Waals surface area (Å²) < 4.78 is 60.9. The molecule has 20 heavy (non-hydrogen) atoms. The van der Waals surface area contributed by atoms with Crippen LogP contribution in [0.5, 0.6) is 0 Å². The normalized spacial score (nSPS) is 13.5. The smallest absolute Gasteiger partial charge is 0.382 e. The first-order valence-electron chi connectivity index (χ1n) is 6.00.